The Morgan fingerprint density at radius 2 is 2.12 bits per heavy atom. The number of nitrogens with zero attached hydrogens (tertiary/aromatic N) is 1. The minimum absolute atomic E-state index is 0.398. The summed E-state index contributed by atoms with van der Waals surface area (Å²) in [6.07, 6.45) is 0.644. The molecule has 16 heavy (non-hydrogen) atoms. The minimum atomic E-state index is -0.671. The van der Waals surface area contributed by atoms with E-state index in [1.165, 1.54) is 0 Å². The van der Waals surface area contributed by atoms with Gasteiger partial charge in [-0.25, -0.2) is 0 Å². The lowest BCUT2D eigenvalue weighted by Crippen LogP contribution is -2.31. The van der Waals surface area contributed by atoms with E-state index < -0.39 is 17.4 Å². The van der Waals surface area contributed by atoms with Crippen molar-refractivity contribution in [1.82, 2.24) is 5.32 Å². The lowest BCUT2D eigenvalue weighted by Gasteiger charge is -2.04. The normalized spacial score (nSPS) is 9.81. The number of benzene rings is 1. The first-order valence-corrected chi connectivity index (χ1v) is 5.51. The quantitative estimate of drug-likeness (QED) is 0.657. The maximum Gasteiger partial charge on any atom is 0.291 e. The van der Waals surface area contributed by atoms with Crippen LogP contribution in [0.4, 0.5) is 0 Å². The van der Waals surface area contributed by atoms with Crippen molar-refractivity contribution < 1.29 is 9.72 Å². The van der Waals surface area contributed by atoms with Crippen molar-refractivity contribution in [3.05, 3.63) is 44.4 Å². The number of carbonyl (C=O) groups is 1. The Hall–Kier alpha value is -1.43. The maximum atomic E-state index is 11.0. The molecule has 0 unspecified atom stereocenters. The number of hydrogen-bond acceptors (Lipinski definition) is 3. The molecule has 5 nitrogen and oxygen atoms in total. The fourth-order valence-electron chi connectivity index (χ4n) is 1.21. The van der Waals surface area contributed by atoms with Crippen molar-refractivity contribution in [2.24, 2.45) is 0 Å². The van der Waals surface area contributed by atoms with Crippen LogP contribution in [0.3, 0.4) is 0 Å². The molecule has 0 bridgehead atoms. The molecule has 0 aromatic heterocycles. The number of nitrogens with one attached hydrogen (secondary N) is 1. The van der Waals surface area contributed by atoms with Crippen LogP contribution in [0.5, 0.6) is 0 Å². The van der Waals surface area contributed by atoms with Gasteiger partial charge in [0.25, 0.3) is 12.5 Å². The summed E-state index contributed by atoms with van der Waals surface area (Å²) in [7, 11) is 0. The molecule has 86 valence electrons. The van der Waals surface area contributed by atoms with Crippen LogP contribution in [0.15, 0.2) is 28.7 Å². The van der Waals surface area contributed by atoms with E-state index in [9.17, 15) is 14.9 Å². The van der Waals surface area contributed by atoms with E-state index in [0.29, 0.717) is 13.0 Å². The second-order valence-electron chi connectivity index (χ2n) is 3.18. The predicted molar refractivity (Wildman–Crippen MR) is 62.7 cm³/mol. The Kier molecular flexibility index (Phi) is 4.91. The average Bonchev–Trinajstić information content (AvgIpc) is 2.19. The van der Waals surface area contributed by atoms with Crippen molar-refractivity contribution >= 4 is 21.8 Å². The molecule has 1 aromatic carbocycles. The maximum absolute atomic E-state index is 11.0. The van der Waals surface area contributed by atoms with E-state index in [0.717, 1.165) is 10.0 Å². The first-order chi connectivity index (χ1) is 7.59. The summed E-state index contributed by atoms with van der Waals surface area (Å²) >= 11 is 3.38. The fourth-order valence-corrected chi connectivity index (χ4v) is 1.69. The molecule has 0 spiro atoms. The van der Waals surface area contributed by atoms with Gasteiger partial charge in [0.05, 0.1) is 0 Å². The molecular formula is C10H11BrN2O3. The van der Waals surface area contributed by atoms with E-state index in [1.54, 1.807) is 0 Å². The second kappa shape index (κ2) is 6.22. The Morgan fingerprint density at radius 3 is 2.75 bits per heavy atom. The molecule has 0 aliphatic heterocycles. The van der Waals surface area contributed by atoms with Gasteiger partial charge >= 0.3 is 0 Å². The molecule has 1 rings (SSSR count). The summed E-state index contributed by atoms with van der Waals surface area (Å²) in [6, 6.07) is 7.65. The molecule has 1 aromatic rings. The molecule has 0 aliphatic carbocycles. The molecule has 0 saturated carbocycles. The van der Waals surface area contributed by atoms with Gasteiger partial charge in [0.15, 0.2) is 0 Å². The molecular weight excluding hydrogens is 276 g/mol. The van der Waals surface area contributed by atoms with Gasteiger partial charge in [0, 0.05) is 15.9 Å². The first kappa shape index (κ1) is 12.6. The number of amides is 1. The van der Waals surface area contributed by atoms with Crippen LogP contribution >= 0.6 is 15.9 Å². The largest absolute Gasteiger partial charge is 0.350 e. The summed E-state index contributed by atoms with van der Waals surface area (Å²) in [6.45, 7) is -0.273. The van der Waals surface area contributed by atoms with Crippen molar-refractivity contribution in [1.29, 1.82) is 0 Å². The van der Waals surface area contributed by atoms with Gasteiger partial charge in [0.1, 0.15) is 0 Å². The summed E-state index contributed by atoms with van der Waals surface area (Å²) < 4.78 is 0.971. The molecule has 1 amide bonds. The van der Waals surface area contributed by atoms with Crippen molar-refractivity contribution in [3.63, 3.8) is 0 Å². The summed E-state index contributed by atoms with van der Waals surface area (Å²) in [5.74, 6) is -0.558. The molecule has 0 radical (unpaired) electrons. The summed E-state index contributed by atoms with van der Waals surface area (Å²) in [5, 5.41) is 12.5. The Labute approximate surface area is 101 Å². The second-order valence-corrected chi connectivity index (χ2v) is 4.04. The van der Waals surface area contributed by atoms with Crippen LogP contribution in [0.25, 0.3) is 0 Å². The van der Waals surface area contributed by atoms with Crippen molar-refractivity contribution in [3.8, 4) is 0 Å². The molecule has 6 heteroatoms. The number of rotatable bonds is 5. The van der Waals surface area contributed by atoms with Gasteiger partial charge in [-0.1, -0.05) is 34.1 Å². The molecule has 0 fully saturated rings. The van der Waals surface area contributed by atoms with E-state index in [4.69, 9.17) is 0 Å². The smallest absolute Gasteiger partial charge is 0.291 e. The van der Waals surface area contributed by atoms with Crippen LogP contribution in [0.2, 0.25) is 0 Å². The lowest BCUT2D eigenvalue weighted by molar-refractivity contribution is -0.467. The van der Waals surface area contributed by atoms with Gasteiger partial charge in [-0.05, 0) is 18.1 Å². The summed E-state index contributed by atoms with van der Waals surface area (Å²) in [4.78, 5) is 20.4. The number of halogens is 1. The van der Waals surface area contributed by atoms with Gasteiger partial charge < -0.3 is 5.32 Å². The zero-order valence-corrected chi connectivity index (χ0v) is 10.1. The molecule has 0 heterocycles. The highest BCUT2D eigenvalue weighted by molar-refractivity contribution is 9.10. The van der Waals surface area contributed by atoms with Gasteiger partial charge in [-0.3, -0.25) is 14.9 Å². The van der Waals surface area contributed by atoms with Crippen LogP contribution in [-0.4, -0.2) is 23.9 Å². The number of hydrogen-bond donors (Lipinski definition) is 1. The monoisotopic (exact) mass is 286 g/mol. The van der Waals surface area contributed by atoms with Crippen LogP contribution in [0, 0.1) is 10.1 Å². The third kappa shape index (κ3) is 4.39. The Bertz CT molecular complexity index is 395. The van der Waals surface area contributed by atoms with Crippen molar-refractivity contribution in [2.75, 3.05) is 13.1 Å². The fraction of sp³-hybridized carbons (Fsp3) is 0.300. The zero-order chi connectivity index (χ0) is 12.0. The Balaban J connectivity index is 2.33. The van der Waals surface area contributed by atoms with Gasteiger partial charge in [0.2, 0.25) is 0 Å². The number of nitro groups is 1. The van der Waals surface area contributed by atoms with Crippen molar-refractivity contribution in [2.45, 2.75) is 6.42 Å². The highest BCUT2D eigenvalue weighted by atomic mass is 79.9. The van der Waals surface area contributed by atoms with Crippen LogP contribution < -0.4 is 5.32 Å². The van der Waals surface area contributed by atoms with E-state index >= 15 is 0 Å². The highest BCUT2D eigenvalue weighted by Crippen LogP contribution is 2.15. The number of carbonyl (C=O) groups excluding carboxylic acids is 1. The van der Waals surface area contributed by atoms with E-state index in [1.807, 2.05) is 24.3 Å². The molecule has 0 saturated heterocycles. The zero-order valence-electron chi connectivity index (χ0n) is 8.48. The SMILES string of the molecule is O=C(C[N+](=O)[O-])NCCc1ccccc1Br. The topological polar surface area (TPSA) is 72.2 Å². The van der Waals surface area contributed by atoms with E-state index in [2.05, 4.69) is 21.2 Å². The molecule has 1 N–H and O–H groups in total. The summed E-state index contributed by atoms with van der Waals surface area (Å²) in [5.41, 5.74) is 1.06. The first-order valence-electron chi connectivity index (χ1n) is 4.71. The van der Waals surface area contributed by atoms with Gasteiger partial charge in [-0.15, -0.1) is 0 Å². The third-order valence-electron chi connectivity index (χ3n) is 1.95. The average molecular weight is 287 g/mol. The minimum Gasteiger partial charge on any atom is -0.350 e. The van der Waals surface area contributed by atoms with Crippen LogP contribution in [-0.2, 0) is 11.2 Å². The third-order valence-corrected chi connectivity index (χ3v) is 2.72. The van der Waals surface area contributed by atoms with Crippen LogP contribution in [0.1, 0.15) is 5.56 Å². The van der Waals surface area contributed by atoms with E-state index in [-0.39, 0.29) is 0 Å². The Morgan fingerprint density at radius 1 is 1.44 bits per heavy atom. The molecule has 0 aliphatic rings. The standard InChI is InChI=1S/C10H11BrN2O3/c11-9-4-2-1-3-8(9)5-6-12-10(14)7-13(15)16/h1-4H,5-7H2,(H,12,14). The van der Waals surface area contributed by atoms with Gasteiger partial charge in [-0.2, -0.15) is 0 Å². The highest BCUT2D eigenvalue weighted by Gasteiger charge is 2.08. The predicted octanol–water partition coefficient (Wildman–Crippen LogP) is 1.38. The lowest BCUT2D eigenvalue weighted by atomic mass is 10.1. The molecule has 0 atom stereocenters.